The number of carbonyl (C=O) groups is 2. The quantitative estimate of drug-likeness (QED) is 0.604. The molecule has 0 bridgehead atoms. The molecule has 0 aromatic heterocycles. The van der Waals surface area contributed by atoms with Crippen molar-refractivity contribution < 1.29 is 9.59 Å². The monoisotopic (exact) mass is 344 g/mol. The van der Waals surface area contributed by atoms with Crippen molar-refractivity contribution in [3.8, 4) is 0 Å². The predicted molar refractivity (Wildman–Crippen MR) is 100 cm³/mol. The van der Waals surface area contributed by atoms with E-state index >= 15 is 0 Å². The van der Waals surface area contributed by atoms with E-state index < -0.39 is 0 Å². The van der Waals surface area contributed by atoms with Gasteiger partial charge in [-0.2, -0.15) is 0 Å². The topological polar surface area (TPSA) is 34.1 Å². The van der Waals surface area contributed by atoms with Crippen molar-refractivity contribution in [2.75, 3.05) is 0 Å². The lowest BCUT2D eigenvalue weighted by atomic mass is 9.78. The van der Waals surface area contributed by atoms with Crippen molar-refractivity contribution in [1.82, 2.24) is 0 Å². The van der Waals surface area contributed by atoms with Crippen molar-refractivity contribution >= 4 is 11.6 Å². The van der Waals surface area contributed by atoms with Crippen LogP contribution in [0.5, 0.6) is 0 Å². The molecule has 2 heteroatoms. The highest BCUT2D eigenvalue weighted by Crippen LogP contribution is 2.63. The molecule has 140 valence electrons. The molecule has 4 aliphatic carbocycles. The molecule has 0 radical (unpaired) electrons. The lowest BCUT2D eigenvalue weighted by Gasteiger charge is -2.26. The van der Waals surface area contributed by atoms with E-state index in [4.69, 9.17) is 0 Å². The van der Waals surface area contributed by atoms with Crippen LogP contribution in [0.4, 0.5) is 0 Å². The van der Waals surface area contributed by atoms with E-state index in [0.29, 0.717) is 35.2 Å². The van der Waals surface area contributed by atoms with Gasteiger partial charge in [-0.15, -0.1) is 0 Å². The molecule has 0 amide bonds. The molecule has 0 aromatic rings. The SMILES string of the molecule is CC(CC(=O)C1CCC2(C)CC2C1)C(=O)CCC1CCC2(C)CC2C1. The molecule has 0 aromatic carbocycles. The molecule has 0 saturated heterocycles. The van der Waals surface area contributed by atoms with Gasteiger partial charge in [0.15, 0.2) is 0 Å². The Morgan fingerprint density at radius 1 is 1.00 bits per heavy atom. The van der Waals surface area contributed by atoms with Gasteiger partial charge in [-0.1, -0.05) is 20.8 Å². The smallest absolute Gasteiger partial charge is 0.136 e. The van der Waals surface area contributed by atoms with E-state index in [9.17, 15) is 9.59 Å². The highest BCUT2D eigenvalue weighted by atomic mass is 16.1. The molecule has 4 aliphatic rings. The Morgan fingerprint density at radius 2 is 1.64 bits per heavy atom. The zero-order chi connectivity index (χ0) is 17.8. The van der Waals surface area contributed by atoms with Gasteiger partial charge >= 0.3 is 0 Å². The van der Waals surface area contributed by atoms with Gasteiger partial charge in [-0.3, -0.25) is 9.59 Å². The van der Waals surface area contributed by atoms with Crippen molar-refractivity contribution in [3.05, 3.63) is 0 Å². The zero-order valence-electron chi connectivity index (χ0n) is 16.5. The van der Waals surface area contributed by atoms with Crippen LogP contribution < -0.4 is 0 Å². The van der Waals surface area contributed by atoms with Crippen LogP contribution in [0.25, 0.3) is 0 Å². The average molecular weight is 345 g/mol. The van der Waals surface area contributed by atoms with Gasteiger partial charge in [0.2, 0.25) is 0 Å². The van der Waals surface area contributed by atoms with Crippen LogP contribution in [0, 0.1) is 40.4 Å². The maximum atomic E-state index is 12.6. The average Bonchev–Trinajstić information content (AvgIpc) is 3.44. The minimum Gasteiger partial charge on any atom is -0.299 e. The second-order valence-electron chi connectivity index (χ2n) is 10.8. The summed E-state index contributed by atoms with van der Waals surface area (Å²) >= 11 is 0. The van der Waals surface area contributed by atoms with Crippen LogP contribution in [-0.4, -0.2) is 11.6 Å². The van der Waals surface area contributed by atoms with Crippen LogP contribution in [0.1, 0.15) is 91.4 Å². The fourth-order valence-corrected chi connectivity index (χ4v) is 6.11. The highest BCUT2D eigenvalue weighted by Gasteiger charge is 2.54. The summed E-state index contributed by atoms with van der Waals surface area (Å²) in [5.41, 5.74) is 1.23. The fourth-order valence-electron chi connectivity index (χ4n) is 6.11. The molecular weight excluding hydrogens is 308 g/mol. The number of rotatable bonds is 7. The molecule has 7 atom stereocenters. The molecule has 0 spiro atoms. The van der Waals surface area contributed by atoms with Crippen molar-refractivity contribution in [2.24, 2.45) is 40.4 Å². The largest absolute Gasteiger partial charge is 0.299 e. The van der Waals surface area contributed by atoms with Crippen LogP contribution in [0.3, 0.4) is 0 Å². The van der Waals surface area contributed by atoms with E-state index in [1.54, 1.807) is 0 Å². The summed E-state index contributed by atoms with van der Waals surface area (Å²) in [5, 5.41) is 0. The molecule has 25 heavy (non-hydrogen) atoms. The van der Waals surface area contributed by atoms with Gasteiger partial charge in [0.25, 0.3) is 0 Å². The van der Waals surface area contributed by atoms with Gasteiger partial charge in [-0.05, 0) is 86.4 Å². The van der Waals surface area contributed by atoms with Crippen LogP contribution in [-0.2, 0) is 9.59 Å². The third-order valence-electron chi connectivity index (χ3n) is 8.76. The van der Waals surface area contributed by atoms with Crippen LogP contribution in [0.15, 0.2) is 0 Å². The Bertz CT molecular complexity index is 566. The van der Waals surface area contributed by atoms with Crippen molar-refractivity contribution in [3.63, 3.8) is 0 Å². The zero-order valence-corrected chi connectivity index (χ0v) is 16.5. The first-order valence-electron chi connectivity index (χ1n) is 10.8. The van der Waals surface area contributed by atoms with Gasteiger partial charge in [0, 0.05) is 24.7 Å². The minimum absolute atomic E-state index is 0.0604. The summed E-state index contributed by atoms with van der Waals surface area (Å²) in [5.74, 6) is 3.40. The summed E-state index contributed by atoms with van der Waals surface area (Å²) < 4.78 is 0. The van der Waals surface area contributed by atoms with E-state index in [0.717, 1.165) is 37.0 Å². The summed E-state index contributed by atoms with van der Waals surface area (Å²) in [6.07, 6.45) is 12.4. The molecule has 7 unspecified atom stereocenters. The Morgan fingerprint density at radius 3 is 2.28 bits per heavy atom. The molecule has 4 rings (SSSR count). The number of hydrogen-bond acceptors (Lipinski definition) is 2. The number of carbonyl (C=O) groups excluding carboxylic acids is 2. The van der Waals surface area contributed by atoms with E-state index in [1.165, 1.54) is 38.5 Å². The third-order valence-corrected chi connectivity index (χ3v) is 8.76. The van der Waals surface area contributed by atoms with Crippen LogP contribution in [0.2, 0.25) is 0 Å². The van der Waals surface area contributed by atoms with Crippen molar-refractivity contribution in [1.29, 1.82) is 0 Å². The maximum absolute atomic E-state index is 12.6. The minimum atomic E-state index is -0.0604. The lowest BCUT2D eigenvalue weighted by molar-refractivity contribution is -0.130. The lowest BCUT2D eigenvalue weighted by Crippen LogP contribution is -2.25. The van der Waals surface area contributed by atoms with Gasteiger partial charge in [0.1, 0.15) is 11.6 Å². The Hall–Kier alpha value is -0.660. The first-order chi connectivity index (χ1) is 11.8. The number of ketones is 2. The Labute approximate surface area is 153 Å². The highest BCUT2D eigenvalue weighted by molar-refractivity contribution is 5.88. The number of Topliss-reactive ketones (excluding diaryl/α,β-unsaturated/α-hetero) is 2. The molecule has 4 saturated carbocycles. The Balaban J connectivity index is 1.18. The molecule has 2 nitrogen and oxygen atoms in total. The summed E-state index contributed by atoms with van der Waals surface area (Å²) in [6, 6.07) is 0. The van der Waals surface area contributed by atoms with Gasteiger partial charge in [-0.25, -0.2) is 0 Å². The summed E-state index contributed by atoms with van der Waals surface area (Å²) in [6.45, 7) is 6.80. The predicted octanol–water partition coefficient (Wildman–Crippen LogP) is 5.58. The molecule has 4 fully saturated rings. The van der Waals surface area contributed by atoms with Gasteiger partial charge in [0.05, 0.1) is 0 Å². The molecule has 0 aliphatic heterocycles. The second-order valence-corrected chi connectivity index (χ2v) is 10.8. The third kappa shape index (κ3) is 3.60. The summed E-state index contributed by atoms with van der Waals surface area (Å²) in [4.78, 5) is 25.1. The first kappa shape index (κ1) is 17.7. The number of hydrogen-bond donors (Lipinski definition) is 0. The first-order valence-corrected chi connectivity index (χ1v) is 10.8. The van der Waals surface area contributed by atoms with Gasteiger partial charge < -0.3 is 0 Å². The van der Waals surface area contributed by atoms with Crippen LogP contribution >= 0.6 is 0 Å². The van der Waals surface area contributed by atoms with Crippen molar-refractivity contribution in [2.45, 2.75) is 91.4 Å². The van der Waals surface area contributed by atoms with E-state index in [2.05, 4.69) is 13.8 Å². The molecule has 0 N–H and O–H groups in total. The molecule has 0 heterocycles. The second kappa shape index (κ2) is 6.20. The normalized spacial score (nSPS) is 45.9. The van der Waals surface area contributed by atoms with E-state index in [-0.39, 0.29) is 11.8 Å². The fraction of sp³-hybridized carbons (Fsp3) is 0.913. The molecular formula is C23H36O2. The summed E-state index contributed by atoms with van der Waals surface area (Å²) in [7, 11) is 0. The maximum Gasteiger partial charge on any atom is 0.136 e. The Kier molecular flexibility index (Phi) is 4.40. The standard InChI is InChI=1S/C23H36O2/c1-15(10-21(25)17-7-9-23(3)14-19(23)12-17)20(24)5-4-16-6-8-22(2)13-18(22)11-16/h15-19H,4-14H2,1-3H3. The number of fused-ring (bicyclic) bond motifs is 2. The van der Waals surface area contributed by atoms with E-state index in [1.807, 2.05) is 6.92 Å².